The van der Waals surface area contributed by atoms with Crippen molar-refractivity contribution < 1.29 is 36.2 Å². The molecule has 2 aromatic carbocycles. The number of carboxylic acid groups (broad SMARTS) is 1. The molecular weight excluding hydrogens is 560 g/mol. The van der Waals surface area contributed by atoms with Crippen molar-refractivity contribution in [3.8, 4) is 0 Å². The number of nitrogens with one attached hydrogen (secondary N) is 1. The van der Waals surface area contributed by atoms with Gasteiger partial charge < -0.3 is 10.4 Å². The minimum atomic E-state index is -4.88. The summed E-state index contributed by atoms with van der Waals surface area (Å²) in [4.78, 5) is 9.83. The van der Waals surface area contributed by atoms with Crippen LogP contribution in [0.15, 0.2) is 40.9 Å². The van der Waals surface area contributed by atoms with Crippen LogP contribution in [-0.4, -0.2) is 28.6 Å². The molecule has 3 atom stereocenters. The molecule has 0 aromatic heterocycles. The van der Waals surface area contributed by atoms with Gasteiger partial charge in [0.15, 0.2) is 0 Å². The molecule has 1 aliphatic heterocycles. The highest BCUT2D eigenvalue weighted by atomic mass is 79.9. The number of hydrogen-bond donors (Lipinski definition) is 2. The number of halogens is 8. The summed E-state index contributed by atoms with van der Waals surface area (Å²) in [6.07, 6.45) is -9.67. The highest BCUT2D eigenvalue weighted by Crippen LogP contribution is 2.54. The number of carbonyl (C=O) groups is 1. The van der Waals surface area contributed by atoms with Gasteiger partial charge in [0, 0.05) is 17.1 Å². The number of alkyl halides is 7. The molecule has 0 bridgehead atoms. The Labute approximate surface area is 190 Å². The first kappa shape index (κ1) is 24.1. The summed E-state index contributed by atoms with van der Waals surface area (Å²) in [5.41, 5.74) is -3.93. The van der Waals surface area contributed by atoms with Gasteiger partial charge in [-0.15, -0.1) is 0 Å². The molecule has 168 valence electrons. The van der Waals surface area contributed by atoms with Gasteiger partial charge in [-0.05, 0) is 58.2 Å². The number of rotatable bonds is 3. The van der Waals surface area contributed by atoms with Gasteiger partial charge in [-0.25, -0.2) is 4.79 Å². The van der Waals surface area contributed by atoms with E-state index < -0.39 is 52.3 Å². The van der Waals surface area contributed by atoms with E-state index in [0.717, 1.165) is 12.1 Å². The van der Waals surface area contributed by atoms with Crippen LogP contribution in [0.5, 0.6) is 0 Å². The van der Waals surface area contributed by atoms with E-state index in [1.54, 1.807) is 0 Å². The van der Waals surface area contributed by atoms with Crippen LogP contribution in [0.1, 0.15) is 38.7 Å². The molecule has 2 N–H and O–H groups in total. The molecule has 3 nitrogen and oxygen atoms in total. The fourth-order valence-electron chi connectivity index (χ4n) is 3.83. The zero-order valence-electron chi connectivity index (χ0n) is 15.7. The van der Waals surface area contributed by atoms with Gasteiger partial charge in [0.1, 0.15) is 5.41 Å². The highest BCUT2D eigenvalue weighted by molar-refractivity contribution is 9.10. The number of hydrogen-bond acceptors (Lipinski definition) is 2. The molecule has 0 amide bonds. The molecule has 0 saturated carbocycles. The zero-order valence-corrected chi connectivity index (χ0v) is 18.9. The molecule has 1 fully saturated rings. The van der Waals surface area contributed by atoms with Crippen LogP contribution in [0.4, 0.5) is 26.3 Å². The van der Waals surface area contributed by atoms with Crippen LogP contribution in [-0.2, 0) is 11.6 Å². The van der Waals surface area contributed by atoms with Crippen molar-refractivity contribution in [2.24, 2.45) is 0 Å². The summed E-state index contributed by atoms with van der Waals surface area (Å²) in [6.45, 7) is 0.657. The summed E-state index contributed by atoms with van der Waals surface area (Å²) in [5.74, 6) is -1.21. The minimum absolute atomic E-state index is 0.0603. The summed E-state index contributed by atoms with van der Waals surface area (Å²) in [7, 11) is 0. The molecule has 3 rings (SSSR count). The molecule has 31 heavy (non-hydrogen) atoms. The normalized spacial score (nSPS) is 24.4. The van der Waals surface area contributed by atoms with Crippen LogP contribution in [0.3, 0.4) is 0 Å². The predicted molar refractivity (Wildman–Crippen MR) is 108 cm³/mol. The number of benzene rings is 2. The molecule has 1 heterocycles. The van der Waals surface area contributed by atoms with Crippen LogP contribution < -0.4 is 5.32 Å². The van der Waals surface area contributed by atoms with Crippen LogP contribution in [0, 0.1) is 6.92 Å². The first-order valence-electron chi connectivity index (χ1n) is 8.85. The Kier molecular flexibility index (Phi) is 6.27. The van der Waals surface area contributed by atoms with Gasteiger partial charge in [0.25, 0.3) is 0 Å². The Bertz CT molecular complexity index is 1020. The van der Waals surface area contributed by atoms with Gasteiger partial charge in [-0.2, -0.15) is 26.3 Å². The largest absolute Gasteiger partial charge is 0.478 e. The van der Waals surface area contributed by atoms with E-state index in [2.05, 4.69) is 37.2 Å². The topological polar surface area (TPSA) is 49.3 Å². The fourth-order valence-corrected chi connectivity index (χ4v) is 5.57. The lowest BCUT2D eigenvalue weighted by Crippen LogP contribution is -2.49. The Morgan fingerprint density at radius 3 is 2.29 bits per heavy atom. The molecular formula is C20H15Br2F6NO2. The monoisotopic (exact) mass is 573 g/mol. The maximum absolute atomic E-state index is 14.4. The first-order valence-corrected chi connectivity index (χ1v) is 10.6. The molecule has 0 radical (unpaired) electrons. The summed E-state index contributed by atoms with van der Waals surface area (Å²) in [5, 5.41) is 11.9. The van der Waals surface area contributed by atoms with Crippen molar-refractivity contribution >= 4 is 37.8 Å². The highest BCUT2D eigenvalue weighted by Gasteiger charge is 2.65. The lowest BCUT2D eigenvalue weighted by Gasteiger charge is -2.36. The number of aryl methyl sites for hydroxylation is 1. The Morgan fingerprint density at radius 1 is 1.13 bits per heavy atom. The van der Waals surface area contributed by atoms with Gasteiger partial charge in [0.05, 0.1) is 16.0 Å². The van der Waals surface area contributed by atoms with E-state index in [9.17, 15) is 31.1 Å². The van der Waals surface area contributed by atoms with Crippen molar-refractivity contribution in [3.63, 3.8) is 0 Å². The second-order valence-electron chi connectivity index (χ2n) is 7.36. The average Bonchev–Trinajstić information content (AvgIpc) is 2.98. The second kappa shape index (κ2) is 8.08. The standard InChI is InChI=1S/C20H15Br2F6NO2/c1-9-4-11(7-12(5-9)19(23,24)25)18(20(26,27)28)8-29-15(16(18)22)10-2-3-13(17(30)31)14(21)6-10/h2-7,15-16,29H,8H2,1H3,(H,30,31). The van der Waals surface area contributed by atoms with E-state index in [4.69, 9.17) is 5.11 Å². The third-order valence-electron chi connectivity index (χ3n) is 5.37. The van der Waals surface area contributed by atoms with Crippen LogP contribution in [0.2, 0.25) is 0 Å². The Balaban J connectivity index is 2.13. The molecule has 0 spiro atoms. The summed E-state index contributed by atoms with van der Waals surface area (Å²) < 4.78 is 83.3. The molecule has 11 heteroatoms. The average molecular weight is 575 g/mol. The molecule has 1 aliphatic rings. The van der Waals surface area contributed by atoms with E-state index >= 15 is 0 Å². The van der Waals surface area contributed by atoms with Crippen molar-refractivity contribution in [2.75, 3.05) is 6.54 Å². The van der Waals surface area contributed by atoms with Crippen LogP contribution in [0.25, 0.3) is 0 Å². The maximum atomic E-state index is 14.4. The molecule has 3 unspecified atom stereocenters. The summed E-state index contributed by atoms with van der Waals surface area (Å²) >= 11 is 6.21. The maximum Gasteiger partial charge on any atom is 0.416 e. The molecule has 0 aliphatic carbocycles. The predicted octanol–water partition coefficient (Wildman–Crippen LogP) is 6.38. The van der Waals surface area contributed by atoms with Gasteiger partial charge in [-0.1, -0.05) is 33.6 Å². The second-order valence-corrected chi connectivity index (χ2v) is 9.20. The van der Waals surface area contributed by atoms with Gasteiger partial charge in [0.2, 0.25) is 0 Å². The molecule has 1 saturated heterocycles. The van der Waals surface area contributed by atoms with Gasteiger partial charge in [-0.3, -0.25) is 0 Å². The van der Waals surface area contributed by atoms with Crippen LogP contribution >= 0.6 is 31.9 Å². The van der Waals surface area contributed by atoms with Crippen molar-refractivity contribution in [3.05, 3.63) is 68.7 Å². The fraction of sp³-hybridized carbons (Fsp3) is 0.350. The lowest BCUT2D eigenvalue weighted by atomic mass is 9.75. The lowest BCUT2D eigenvalue weighted by molar-refractivity contribution is -0.183. The van der Waals surface area contributed by atoms with E-state index in [-0.39, 0.29) is 15.6 Å². The molecule has 2 aromatic rings. The Morgan fingerprint density at radius 2 is 1.77 bits per heavy atom. The van der Waals surface area contributed by atoms with Gasteiger partial charge >= 0.3 is 18.3 Å². The first-order chi connectivity index (χ1) is 14.2. The van der Waals surface area contributed by atoms with Crippen molar-refractivity contribution in [2.45, 2.75) is 35.6 Å². The zero-order chi connectivity index (χ0) is 23.4. The van der Waals surface area contributed by atoms with E-state index in [1.165, 1.54) is 25.1 Å². The van der Waals surface area contributed by atoms with E-state index in [0.29, 0.717) is 11.6 Å². The number of aromatic carboxylic acids is 1. The van der Waals surface area contributed by atoms with E-state index in [1.807, 2.05) is 0 Å². The number of carboxylic acids is 1. The Hall–Kier alpha value is -1.59. The third kappa shape index (κ3) is 4.23. The third-order valence-corrected chi connectivity index (χ3v) is 7.34. The minimum Gasteiger partial charge on any atom is -0.478 e. The summed E-state index contributed by atoms with van der Waals surface area (Å²) in [6, 6.07) is 5.55. The SMILES string of the molecule is Cc1cc(C(F)(F)F)cc(C2(C(F)(F)F)CNC(c3ccc(C(=O)O)c(Br)c3)C2Br)c1. The van der Waals surface area contributed by atoms with Crippen molar-refractivity contribution in [1.29, 1.82) is 0 Å². The smallest absolute Gasteiger partial charge is 0.416 e. The van der Waals surface area contributed by atoms with Crippen molar-refractivity contribution in [1.82, 2.24) is 5.32 Å². The quantitative estimate of drug-likeness (QED) is 0.330.